The van der Waals surface area contributed by atoms with Crippen molar-refractivity contribution in [2.75, 3.05) is 27.7 Å². The number of rotatable bonds is 6. The maximum atomic E-state index is 11.8. The van der Waals surface area contributed by atoms with Gasteiger partial charge in [-0.05, 0) is 26.3 Å². The van der Waals surface area contributed by atoms with E-state index in [0.717, 1.165) is 23.7 Å². The van der Waals surface area contributed by atoms with E-state index < -0.39 is 0 Å². The lowest BCUT2D eigenvalue weighted by atomic mass is 10.2. The lowest BCUT2D eigenvalue weighted by Crippen LogP contribution is -2.43. The van der Waals surface area contributed by atoms with Crippen LogP contribution in [0.4, 0.5) is 0 Å². The lowest BCUT2D eigenvalue weighted by molar-refractivity contribution is -0.127. The zero-order valence-corrected chi connectivity index (χ0v) is 17.3. The summed E-state index contributed by atoms with van der Waals surface area (Å²) in [4.78, 5) is 19.8. The van der Waals surface area contributed by atoms with E-state index in [4.69, 9.17) is 4.42 Å². The zero-order chi connectivity index (χ0) is 16.7. The average molecular weight is 436 g/mol. The number of nitrogens with one attached hydrogen (secondary N) is 1. The molecule has 1 heterocycles. The van der Waals surface area contributed by atoms with Crippen LogP contribution in [-0.2, 0) is 11.3 Å². The van der Waals surface area contributed by atoms with Crippen LogP contribution in [0.25, 0.3) is 0 Å². The molecule has 0 aliphatic rings. The van der Waals surface area contributed by atoms with Crippen molar-refractivity contribution in [1.29, 1.82) is 0 Å². The van der Waals surface area contributed by atoms with Gasteiger partial charge in [-0.1, -0.05) is 6.92 Å². The van der Waals surface area contributed by atoms with Gasteiger partial charge in [0.1, 0.15) is 12.3 Å². The zero-order valence-electron chi connectivity index (χ0n) is 14.9. The molecule has 1 aromatic heterocycles. The summed E-state index contributed by atoms with van der Waals surface area (Å²) in [7, 11) is 5.43. The number of aryl methyl sites for hydroxylation is 1. The molecule has 0 aliphatic heterocycles. The van der Waals surface area contributed by atoms with E-state index in [9.17, 15) is 4.79 Å². The predicted octanol–water partition coefficient (Wildman–Crippen LogP) is 2.47. The largest absolute Gasteiger partial charge is 0.469 e. The number of halogens is 1. The first-order valence-electron chi connectivity index (χ1n) is 7.60. The van der Waals surface area contributed by atoms with Gasteiger partial charge >= 0.3 is 0 Å². The number of guanidine groups is 1. The normalized spacial score (nSPS) is 12.3. The molecule has 0 bridgehead atoms. The molecule has 1 atom stereocenters. The van der Waals surface area contributed by atoms with Crippen LogP contribution in [0, 0.1) is 6.92 Å². The van der Waals surface area contributed by atoms with Crippen LogP contribution >= 0.6 is 24.0 Å². The van der Waals surface area contributed by atoms with Crippen molar-refractivity contribution in [3.05, 3.63) is 23.7 Å². The molecule has 0 spiro atoms. The van der Waals surface area contributed by atoms with Gasteiger partial charge in [0, 0.05) is 39.3 Å². The molecular weight excluding hydrogens is 407 g/mol. The number of aliphatic imine (C=N–C) groups is 1. The standard InChI is InChI=1S/C16H28N4O2.HI/c1-7-12(2)18-16(17-10-15(21)19(4)5)20(6)11-14-8-9-22-13(14)3;/h8-9,12H,7,10-11H2,1-6H3,(H,17,18);1H. The van der Waals surface area contributed by atoms with Gasteiger partial charge in [0.05, 0.1) is 6.26 Å². The predicted molar refractivity (Wildman–Crippen MR) is 104 cm³/mol. The fourth-order valence-corrected chi connectivity index (χ4v) is 1.79. The number of likely N-dealkylation sites (N-methyl/N-ethyl adjacent to an activating group) is 1. The van der Waals surface area contributed by atoms with Crippen LogP contribution in [0.5, 0.6) is 0 Å². The second-order valence-corrected chi connectivity index (χ2v) is 5.74. The summed E-state index contributed by atoms with van der Waals surface area (Å²) in [5, 5.41) is 3.37. The van der Waals surface area contributed by atoms with Gasteiger partial charge in [-0.2, -0.15) is 0 Å². The van der Waals surface area contributed by atoms with Crippen molar-refractivity contribution >= 4 is 35.8 Å². The number of carbonyl (C=O) groups is 1. The first-order chi connectivity index (χ1) is 10.3. The van der Waals surface area contributed by atoms with Gasteiger partial charge < -0.3 is 19.5 Å². The second kappa shape index (κ2) is 10.5. The van der Waals surface area contributed by atoms with Gasteiger partial charge in [-0.25, -0.2) is 4.99 Å². The molecule has 1 aromatic rings. The molecule has 1 amide bonds. The second-order valence-electron chi connectivity index (χ2n) is 5.74. The van der Waals surface area contributed by atoms with Crippen LogP contribution in [0.2, 0.25) is 0 Å². The minimum absolute atomic E-state index is 0. The Balaban J connectivity index is 0.00000484. The molecule has 23 heavy (non-hydrogen) atoms. The Hall–Kier alpha value is -1.25. The molecule has 1 unspecified atom stereocenters. The minimum atomic E-state index is -0.0173. The highest BCUT2D eigenvalue weighted by atomic mass is 127. The third-order valence-electron chi connectivity index (χ3n) is 3.59. The molecule has 1 rings (SSSR count). The van der Waals surface area contributed by atoms with E-state index in [0.29, 0.717) is 12.6 Å². The Labute approximate surface area is 156 Å². The molecule has 132 valence electrons. The number of furan rings is 1. The lowest BCUT2D eigenvalue weighted by Gasteiger charge is -2.25. The third kappa shape index (κ3) is 7.24. The monoisotopic (exact) mass is 436 g/mol. The molecular formula is C16H29IN4O2. The molecule has 6 nitrogen and oxygen atoms in total. The Kier molecular flexibility index (Phi) is 9.94. The fraction of sp³-hybridized carbons (Fsp3) is 0.625. The van der Waals surface area contributed by atoms with Gasteiger partial charge in [0.25, 0.3) is 0 Å². The summed E-state index contributed by atoms with van der Waals surface area (Å²) in [6, 6.07) is 2.25. The Morgan fingerprint density at radius 2 is 2.04 bits per heavy atom. The maximum Gasteiger partial charge on any atom is 0.243 e. The van der Waals surface area contributed by atoms with Crippen molar-refractivity contribution in [2.24, 2.45) is 4.99 Å². The topological polar surface area (TPSA) is 61.1 Å². The number of hydrogen-bond acceptors (Lipinski definition) is 3. The van der Waals surface area contributed by atoms with Gasteiger partial charge in [-0.15, -0.1) is 24.0 Å². The van der Waals surface area contributed by atoms with E-state index >= 15 is 0 Å². The van der Waals surface area contributed by atoms with Crippen molar-refractivity contribution in [2.45, 2.75) is 39.8 Å². The van der Waals surface area contributed by atoms with Crippen molar-refractivity contribution in [1.82, 2.24) is 15.1 Å². The molecule has 0 radical (unpaired) electrons. The molecule has 0 aromatic carbocycles. The Morgan fingerprint density at radius 3 is 2.52 bits per heavy atom. The van der Waals surface area contributed by atoms with E-state index in [1.54, 1.807) is 25.3 Å². The van der Waals surface area contributed by atoms with Crippen LogP contribution in [0.15, 0.2) is 21.7 Å². The summed E-state index contributed by atoms with van der Waals surface area (Å²) in [6.45, 7) is 6.97. The Morgan fingerprint density at radius 1 is 1.39 bits per heavy atom. The number of nitrogens with zero attached hydrogens (tertiary/aromatic N) is 3. The summed E-state index contributed by atoms with van der Waals surface area (Å²) in [6.07, 6.45) is 2.67. The highest BCUT2D eigenvalue weighted by molar-refractivity contribution is 14.0. The summed E-state index contributed by atoms with van der Waals surface area (Å²) < 4.78 is 5.33. The highest BCUT2D eigenvalue weighted by Gasteiger charge is 2.13. The van der Waals surface area contributed by atoms with E-state index in [2.05, 4.69) is 24.2 Å². The molecule has 7 heteroatoms. The van der Waals surface area contributed by atoms with Crippen molar-refractivity contribution in [3.63, 3.8) is 0 Å². The molecule has 0 saturated heterocycles. The van der Waals surface area contributed by atoms with Crippen LogP contribution < -0.4 is 5.32 Å². The van der Waals surface area contributed by atoms with Gasteiger partial charge in [0.15, 0.2) is 5.96 Å². The summed E-state index contributed by atoms with van der Waals surface area (Å²) in [5.74, 6) is 1.61. The summed E-state index contributed by atoms with van der Waals surface area (Å²) in [5.41, 5.74) is 1.11. The number of carbonyl (C=O) groups excluding carboxylic acids is 1. The van der Waals surface area contributed by atoms with Crippen molar-refractivity contribution < 1.29 is 9.21 Å². The van der Waals surface area contributed by atoms with E-state index in [-0.39, 0.29) is 36.4 Å². The summed E-state index contributed by atoms with van der Waals surface area (Å²) >= 11 is 0. The first kappa shape index (κ1) is 21.8. The SMILES string of the molecule is CCC(C)NC(=NCC(=O)N(C)C)N(C)Cc1ccoc1C.I. The molecule has 0 aliphatic carbocycles. The minimum Gasteiger partial charge on any atom is -0.469 e. The van der Waals surface area contributed by atoms with Crippen LogP contribution in [-0.4, -0.2) is 55.4 Å². The molecule has 0 fully saturated rings. The van der Waals surface area contributed by atoms with E-state index in [1.165, 1.54) is 0 Å². The van der Waals surface area contributed by atoms with Gasteiger partial charge in [0.2, 0.25) is 5.91 Å². The smallest absolute Gasteiger partial charge is 0.243 e. The maximum absolute atomic E-state index is 11.8. The quantitative estimate of drug-likeness (QED) is 0.423. The Bertz CT molecular complexity index is 514. The van der Waals surface area contributed by atoms with Gasteiger partial charge in [-0.3, -0.25) is 4.79 Å². The fourth-order valence-electron chi connectivity index (χ4n) is 1.79. The van der Waals surface area contributed by atoms with Crippen LogP contribution in [0.3, 0.4) is 0 Å². The highest BCUT2D eigenvalue weighted by Crippen LogP contribution is 2.11. The first-order valence-corrected chi connectivity index (χ1v) is 7.60. The van der Waals surface area contributed by atoms with Crippen molar-refractivity contribution in [3.8, 4) is 0 Å². The number of amides is 1. The number of hydrogen-bond donors (Lipinski definition) is 1. The average Bonchev–Trinajstić information content (AvgIpc) is 2.87. The van der Waals surface area contributed by atoms with Crippen LogP contribution in [0.1, 0.15) is 31.6 Å². The molecule has 0 saturated carbocycles. The van der Waals surface area contributed by atoms with E-state index in [1.807, 2.05) is 24.9 Å². The third-order valence-corrected chi connectivity index (χ3v) is 3.59. The molecule has 1 N–H and O–H groups in total.